The molecule has 4 heteroatoms. The number of halogens is 1. The van der Waals surface area contributed by atoms with Crippen molar-refractivity contribution in [2.24, 2.45) is 0 Å². The Labute approximate surface area is 107 Å². The molecule has 1 aromatic carbocycles. The first kappa shape index (κ1) is 14.4. The SMILES string of the molecule is CN(C(=O)/C=C/c1ccc(F)cc1)C(C)(C)CO. The van der Waals surface area contributed by atoms with Crippen molar-refractivity contribution >= 4 is 12.0 Å². The molecule has 0 aromatic heterocycles. The van der Waals surface area contributed by atoms with E-state index < -0.39 is 5.54 Å². The number of nitrogens with zero attached hydrogens (tertiary/aromatic N) is 1. The van der Waals surface area contributed by atoms with Crippen LogP contribution in [0.25, 0.3) is 6.08 Å². The number of aliphatic hydroxyl groups excluding tert-OH is 1. The first-order valence-corrected chi connectivity index (χ1v) is 5.69. The standard InChI is InChI=1S/C14H18FNO2/c1-14(2,10-17)16(3)13(18)9-6-11-4-7-12(15)8-5-11/h4-9,17H,10H2,1-3H3/b9-6+. The molecule has 1 amide bonds. The van der Waals surface area contributed by atoms with E-state index >= 15 is 0 Å². The van der Waals surface area contributed by atoms with Crippen LogP contribution in [0.15, 0.2) is 30.3 Å². The Kier molecular flexibility index (Phi) is 4.62. The van der Waals surface area contributed by atoms with Crippen molar-refractivity contribution in [3.05, 3.63) is 41.7 Å². The summed E-state index contributed by atoms with van der Waals surface area (Å²) in [6.07, 6.45) is 3.02. The molecule has 0 aliphatic carbocycles. The number of hydrogen-bond donors (Lipinski definition) is 1. The summed E-state index contributed by atoms with van der Waals surface area (Å²) >= 11 is 0. The Hall–Kier alpha value is -1.68. The number of likely N-dealkylation sites (N-methyl/N-ethyl adjacent to an activating group) is 1. The van der Waals surface area contributed by atoms with E-state index in [1.165, 1.54) is 23.1 Å². The van der Waals surface area contributed by atoms with Crippen molar-refractivity contribution < 1.29 is 14.3 Å². The third-order valence-electron chi connectivity index (χ3n) is 2.91. The second-order valence-corrected chi connectivity index (χ2v) is 4.75. The van der Waals surface area contributed by atoms with E-state index in [4.69, 9.17) is 5.11 Å². The molecule has 0 bridgehead atoms. The molecular formula is C14H18FNO2. The average Bonchev–Trinajstić information content (AvgIpc) is 2.36. The highest BCUT2D eigenvalue weighted by atomic mass is 19.1. The average molecular weight is 251 g/mol. The van der Waals surface area contributed by atoms with Crippen LogP contribution in [0, 0.1) is 5.82 Å². The van der Waals surface area contributed by atoms with Gasteiger partial charge in [-0.2, -0.15) is 0 Å². The van der Waals surface area contributed by atoms with E-state index in [1.807, 2.05) is 0 Å². The highest BCUT2D eigenvalue weighted by Gasteiger charge is 2.25. The Balaban J connectivity index is 2.73. The molecule has 98 valence electrons. The normalized spacial score (nSPS) is 11.8. The van der Waals surface area contributed by atoms with E-state index in [9.17, 15) is 9.18 Å². The third-order valence-corrected chi connectivity index (χ3v) is 2.91. The maximum Gasteiger partial charge on any atom is 0.246 e. The van der Waals surface area contributed by atoms with Crippen LogP contribution in [0.5, 0.6) is 0 Å². The molecule has 0 saturated heterocycles. The first-order valence-electron chi connectivity index (χ1n) is 5.69. The zero-order valence-electron chi connectivity index (χ0n) is 10.9. The number of benzene rings is 1. The minimum absolute atomic E-state index is 0.111. The minimum atomic E-state index is -0.607. The van der Waals surface area contributed by atoms with Crippen molar-refractivity contribution in [3.8, 4) is 0 Å². The molecule has 0 spiro atoms. The van der Waals surface area contributed by atoms with Gasteiger partial charge in [0.05, 0.1) is 12.1 Å². The summed E-state index contributed by atoms with van der Waals surface area (Å²) < 4.78 is 12.7. The molecule has 3 nitrogen and oxygen atoms in total. The number of carbonyl (C=O) groups excluding carboxylic acids is 1. The van der Waals surface area contributed by atoms with Crippen LogP contribution in [0.2, 0.25) is 0 Å². The van der Waals surface area contributed by atoms with Gasteiger partial charge in [0.15, 0.2) is 0 Å². The van der Waals surface area contributed by atoms with Crippen molar-refractivity contribution in [3.63, 3.8) is 0 Å². The summed E-state index contributed by atoms with van der Waals surface area (Å²) in [6, 6.07) is 5.86. The number of aliphatic hydroxyl groups is 1. The van der Waals surface area contributed by atoms with Gasteiger partial charge in [-0.15, -0.1) is 0 Å². The van der Waals surface area contributed by atoms with E-state index in [2.05, 4.69) is 0 Å². The Morgan fingerprint density at radius 1 is 1.39 bits per heavy atom. The van der Waals surface area contributed by atoms with Gasteiger partial charge < -0.3 is 10.0 Å². The number of amides is 1. The molecule has 0 fully saturated rings. The van der Waals surface area contributed by atoms with Crippen LogP contribution in [-0.2, 0) is 4.79 Å². The van der Waals surface area contributed by atoms with Crippen molar-refractivity contribution in [2.75, 3.05) is 13.7 Å². The van der Waals surface area contributed by atoms with Gasteiger partial charge in [-0.3, -0.25) is 4.79 Å². The third kappa shape index (κ3) is 3.67. The molecule has 0 saturated carbocycles. The Morgan fingerprint density at radius 2 is 1.94 bits per heavy atom. The Morgan fingerprint density at radius 3 is 2.44 bits per heavy atom. The molecule has 0 radical (unpaired) electrons. The molecule has 0 atom stereocenters. The fourth-order valence-corrected chi connectivity index (χ4v) is 1.26. The zero-order chi connectivity index (χ0) is 13.8. The van der Waals surface area contributed by atoms with Crippen molar-refractivity contribution in [2.45, 2.75) is 19.4 Å². The van der Waals surface area contributed by atoms with Crippen LogP contribution >= 0.6 is 0 Å². The number of carbonyl (C=O) groups is 1. The van der Waals surface area contributed by atoms with Gasteiger partial charge >= 0.3 is 0 Å². The monoisotopic (exact) mass is 251 g/mol. The maximum atomic E-state index is 12.7. The topological polar surface area (TPSA) is 40.5 Å². The summed E-state index contributed by atoms with van der Waals surface area (Å²) in [6.45, 7) is 3.44. The zero-order valence-corrected chi connectivity index (χ0v) is 10.9. The van der Waals surface area contributed by atoms with Crippen molar-refractivity contribution in [1.82, 2.24) is 4.90 Å². The summed E-state index contributed by atoms with van der Waals surface area (Å²) in [5, 5.41) is 9.17. The second-order valence-electron chi connectivity index (χ2n) is 4.75. The smallest absolute Gasteiger partial charge is 0.246 e. The van der Waals surface area contributed by atoms with E-state index in [0.29, 0.717) is 0 Å². The van der Waals surface area contributed by atoms with Gasteiger partial charge in [0, 0.05) is 13.1 Å². The fraction of sp³-hybridized carbons (Fsp3) is 0.357. The van der Waals surface area contributed by atoms with E-state index in [1.54, 1.807) is 39.1 Å². The van der Waals surface area contributed by atoms with Gasteiger partial charge in [-0.1, -0.05) is 12.1 Å². The van der Waals surface area contributed by atoms with Crippen molar-refractivity contribution in [1.29, 1.82) is 0 Å². The number of rotatable bonds is 4. The first-order chi connectivity index (χ1) is 8.36. The molecular weight excluding hydrogens is 233 g/mol. The minimum Gasteiger partial charge on any atom is -0.394 e. The van der Waals surface area contributed by atoms with Crippen LogP contribution in [0.1, 0.15) is 19.4 Å². The fourth-order valence-electron chi connectivity index (χ4n) is 1.26. The maximum absolute atomic E-state index is 12.7. The van der Waals surface area contributed by atoms with Crippen LogP contribution in [0.4, 0.5) is 4.39 Å². The van der Waals surface area contributed by atoms with Gasteiger partial charge in [0.1, 0.15) is 5.82 Å². The van der Waals surface area contributed by atoms with Gasteiger partial charge in [0.2, 0.25) is 5.91 Å². The Bertz CT molecular complexity index is 438. The molecule has 0 aliphatic heterocycles. The highest BCUT2D eigenvalue weighted by molar-refractivity contribution is 5.92. The predicted octanol–water partition coefficient (Wildman–Crippen LogP) is 2.07. The molecule has 18 heavy (non-hydrogen) atoms. The quantitative estimate of drug-likeness (QED) is 0.832. The molecule has 0 heterocycles. The highest BCUT2D eigenvalue weighted by Crippen LogP contribution is 2.12. The van der Waals surface area contributed by atoms with Gasteiger partial charge in [-0.25, -0.2) is 4.39 Å². The summed E-state index contributed by atoms with van der Waals surface area (Å²) in [7, 11) is 1.63. The molecule has 1 aromatic rings. The lowest BCUT2D eigenvalue weighted by Crippen LogP contribution is -2.47. The van der Waals surface area contributed by atoms with Gasteiger partial charge in [-0.05, 0) is 37.6 Å². The summed E-state index contributed by atoms with van der Waals surface area (Å²) in [5.41, 5.74) is 0.143. The van der Waals surface area contributed by atoms with Crippen LogP contribution < -0.4 is 0 Å². The van der Waals surface area contributed by atoms with E-state index in [0.717, 1.165) is 5.56 Å². The molecule has 1 N–H and O–H groups in total. The second kappa shape index (κ2) is 5.78. The molecule has 0 aliphatic rings. The molecule has 1 rings (SSSR count). The summed E-state index contributed by atoms with van der Waals surface area (Å²) in [5.74, 6) is -0.518. The number of hydrogen-bond acceptors (Lipinski definition) is 2. The van der Waals surface area contributed by atoms with Crippen LogP contribution in [0.3, 0.4) is 0 Å². The molecule has 0 unspecified atom stereocenters. The van der Waals surface area contributed by atoms with E-state index in [-0.39, 0.29) is 18.3 Å². The lowest BCUT2D eigenvalue weighted by molar-refractivity contribution is -0.130. The predicted molar refractivity (Wildman–Crippen MR) is 69.4 cm³/mol. The van der Waals surface area contributed by atoms with Gasteiger partial charge in [0.25, 0.3) is 0 Å². The van der Waals surface area contributed by atoms with Crippen LogP contribution in [-0.4, -0.2) is 35.1 Å². The lowest BCUT2D eigenvalue weighted by atomic mass is 10.1. The summed E-state index contributed by atoms with van der Waals surface area (Å²) in [4.78, 5) is 13.3. The largest absolute Gasteiger partial charge is 0.394 e. The lowest BCUT2D eigenvalue weighted by Gasteiger charge is -2.33.